The lowest BCUT2D eigenvalue weighted by Crippen LogP contribution is -2.53. The number of carbonyl (C=O) groups is 1. The number of hydrogen-bond donors (Lipinski definition) is 0. The molecule has 0 radical (unpaired) electrons. The van der Waals surface area contributed by atoms with Crippen molar-refractivity contribution in [2.24, 2.45) is 5.92 Å². The van der Waals surface area contributed by atoms with Crippen molar-refractivity contribution in [2.45, 2.75) is 49.5 Å². The number of rotatable bonds is 4. The average Bonchev–Trinajstić information content (AvgIpc) is 3.28. The van der Waals surface area contributed by atoms with Crippen LogP contribution >= 0.6 is 11.6 Å². The van der Waals surface area contributed by atoms with E-state index >= 15 is 0 Å². The van der Waals surface area contributed by atoms with Gasteiger partial charge in [-0.2, -0.15) is 4.31 Å². The van der Waals surface area contributed by atoms with Crippen LogP contribution in [0.15, 0.2) is 23.2 Å². The number of amides is 1. The van der Waals surface area contributed by atoms with E-state index in [-0.39, 0.29) is 21.9 Å². The van der Waals surface area contributed by atoms with E-state index < -0.39 is 10.0 Å². The standard InChI is InChI=1S/C20H29ClN4O3S/c21-19-18(6-3-9-22-19)29(27,28)25-10-7-16(8-11-25)20(26)24-14-12-23(13-15-24)17-4-1-2-5-17/h3,6,9,16-17H,1-2,4-5,7-8,10-15H2. The van der Waals surface area contributed by atoms with Gasteiger partial charge in [0.25, 0.3) is 0 Å². The Hall–Kier alpha value is -1.22. The molecule has 3 fully saturated rings. The lowest BCUT2D eigenvalue weighted by molar-refractivity contribution is -0.138. The van der Waals surface area contributed by atoms with Gasteiger partial charge in [-0.3, -0.25) is 9.69 Å². The van der Waals surface area contributed by atoms with Crippen LogP contribution < -0.4 is 0 Å². The number of halogens is 1. The van der Waals surface area contributed by atoms with Crippen molar-refractivity contribution in [1.29, 1.82) is 0 Å². The fourth-order valence-electron chi connectivity index (χ4n) is 4.88. The second kappa shape index (κ2) is 8.88. The first-order valence-electron chi connectivity index (χ1n) is 10.6. The summed E-state index contributed by atoms with van der Waals surface area (Å²) >= 11 is 5.99. The number of sulfonamides is 1. The number of piperidine rings is 1. The van der Waals surface area contributed by atoms with E-state index in [1.54, 1.807) is 6.07 Å². The SMILES string of the molecule is O=C(C1CCN(S(=O)(=O)c2cccnc2Cl)CC1)N1CCN(C2CCCC2)CC1. The highest BCUT2D eigenvalue weighted by Gasteiger charge is 2.36. The summed E-state index contributed by atoms with van der Waals surface area (Å²) in [6, 6.07) is 3.76. The monoisotopic (exact) mass is 440 g/mol. The van der Waals surface area contributed by atoms with Gasteiger partial charge in [0.2, 0.25) is 15.9 Å². The highest BCUT2D eigenvalue weighted by molar-refractivity contribution is 7.89. The second-order valence-electron chi connectivity index (χ2n) is 8.27. The van der Waals surface area contributed by atoms with Crippen molar-refractivity contribution < 1.29 is 13.2 Å². The molecule has 0 N–H and O–H groups in total. The molecule has 0 unspecified atom stereocenters. The first kappa shape index (κ1) is 21.0. The highest BCUT2D eigenvalue weighted by atomic mass is 35.5. The molecule has 0 spiro atoms. The molecule has 1 aromatic heterocycles. The van der Waals surface area contributed by atoms with Crippen LogP contribution in [0.3, 0.4) is 0 Å². The van der Waals surface area contributed by atoms with E-state index in [9.17, 15) is 13.2 Å². The Kier molecular flexibility index (Phi) is 6.44. The Balaban J connectivity index is 1.30. The largest absolute Gasteiger partial charge is 0.340 e. The third-order valence-electron chi connectivity index (χ3n) is 6.61. The quantitative estimate of drug-likeness (QED) is 0.671. The van der Waals surface area contributed by atoms with Gasteiger partial charge < -0.3 is 4.90 Å². The molecule has 7 nitrogen and oxygen atoms in total. The fraction of sp³-hybridized carbons (Fsp3) is 0.700. The number of carbonyl (C=O) groups excluding carboxylic acids is 1. The van der Waals surface area contributed by atoms with Crippen molar-refractivity contribution >= 4 is 27.5 Å². The Morgan fingerprint density at radius 2 is 1.66 bits per heavy atom. The van der Waals surface area contributed by atoms with Crippen LogP contribution in [0.1, 0.15) is 38.5 Å². The highest BCUT2D eigenvalue weighted by Crippen LogP contribution is 2.29. The van der Waals surface area contributed by atoms with E-state index in [0.29, 0.717) is 32.0 Å². The molecule has 29 heavy (non-hydrogen) atoms. The van der Waals surface area contributed by atoms with Crippen molar-refractivity contribution in [2.75, 3.05) is 39.3 Å². The predicted molar refractivity (Wildman–Crippen MR) is 111 cm³/mol. The predicted octanol–water partition coefficient (Wildman–Crippen LogP) is 2.22. The van der Waals surface area contributed by atoms with Gasteiger partial charge >= 0.3 is 0 Å². The van der Waals surface area contributed by atoms with E-state index in [4.69, 9.17) is 11.6 Å². The van der Waals surface area contributed by atoms with E-state index in [2.05, 4.69) is 9.88 Å². The molecule has 0 bridgehead atoms. The molecule has 0 aromatic carbocycles. The maximum atomic E-state index is 13.0. The molecule has 4 rings (SSSR count). The average molecular weight is 441 g/mol. The van der Waals surface area contributed by atoms with Crippen LogP contribution in [0.25, 0.3) is 0 Å². The van der Waals surface area contributed by atoms with E-state index in [1.165, 1.54) is 42.3 Å². The zero-order valence-electron chi connectivity index (χ0n) is 16.7. The van der Waals surface area contributed by atoms with E-state index in [1.807, 2.05) is 4.90 Å². The van der Waals surface area contributed by atoms with Gasteiger partial charge in [0.05, 0.1) is 0 Å². The lowest BCUT2D eigenvalue weighted by atomic mass is 9.96. The van der Waals surface area contributed by atoms with Gasteiger partial charge in [0.1, 0.15) is 10.0 Å². The number of piperazine rings is 1. The van der Waals surface area contributed by atoms with Gasteiger partial charge in [-0.15, -0.1) is 0 Å². The van der Waals surface area contributed by atoms with Crippen LogP contribution in [0.4, 0.5) is 0 Å². The third kappa shape index (κ3) is 4.45. The van der Waals surface area contributed by atoms with Crippen molar-refractivity contribution in [1.82, 2.24) is 19.1 Å². The summed E-state index contributed by atoms with van der Waals surface area (Å²) in [7, 11) is -3.68. The fourth-order valence-corrected chi connectivity index (χ4v) is 6.78. The van der Waals surface area contributed by atoms with Gasteiger partial charge in [-0.1, -0.05) is 24.4 Å². The molecule has 1 amide bonds. The summed E-state index contributed by atoms with van der Waals surface area (Å²) in [5.41, 5.74) is 0. The lowest BCUT2D eigenvalue weighted by Gasteiger charge is -2.40. The molecule has 9 heteroatoms. The number of hydrogen-bond acceptors (Lipinski definition) is 5. The van der Waals surface area contributed by atoms with Crippen LogP contribution in [0.2, 0.25) is 5.15 Å². The molecule has 1 saturated carbocycles. The van der Waals surface area contributed by atoms with Crippen molar-refractivity contribution in [3.05, 3.63) is 23.5 Å². The van der Waals surface area contributed by atoms with Gasteiger partial charge in [-0.25, -0.2) is 13.4 Å². The Labute approximate surface area is 178 Å². The third-order valence-corrected chi connectivity index (χ3v) is 8.96. The second-order valence-corrected chi connectivity index (χ2v) is 10.5. The van der Waals surface area contributed by atoms with Gasteiger partial charge in [0.15, 0.2) is 0 Å². The first-order valence-corrected chi connectivity index (χ1v) is 12.4. The molecule has 1 aliphatic carbocycles. The smallest absolute Gasteiger partial charge is 0.246 e. The maximum Gasteiger partial charge on any atom is 0.246 e. The molecule has 1 aromatic rings. The topological polar surface area (TPSA) is 73.8 Å². The summed E-state index contributed by atoms with van der Waals surface area (Å²) < 4.78 is 27.1. The minimum Gasteiger partial charge on any atom is -0.340 e. The Morgan fingerprint density at radius 3 is 2.28 bits per heavy atom. The molecular weight excluding hydrogens is 412 g/mol. The zero-order valence-corrected chi connectivity index (χ0v) is 18.2. The summed E-state index contributed by atoms with van der Waals surface area (Å²) in [6.45, 7) is 4.18. The van der Waals surface area contributed by atoms with Gasteiger partial charge in [-0.05, 0) is 37.8 Å². The normalized spacial score (nSPS) is 23.6. The summed E-state index contributed by atoms with van der Waals surface area (Å²) in [6.07, 6.45) is 7.82. The van der Waals surface area contributed by atoms with Crippen LogP contribution in [0.5, 0.6) is 0 Å². The molecule has 2 aliphatic heterocycles. The van der Waals surface area contributed by atoms with Gasteiger partial charge in [0, 0.05) is 57.4 Å². The number of nitrogens with zero attached hydrogens (tertiary/aromatic N) is 4. The molecule has 0 atom stereocenters. The van der Waals surface area contributed by atoms with Crippen LogP contribution in [-0.2, 0) is 14.8 Å². The van der Waals surface area contributed by atoms with E-state index in [0.717, 1.165) is 26.2 Å². The summed E-state index contributed by atoms with van der Waals surface area (Å²) in [5, 5.41) is -0.00849. The summed E-state index contributed by atoms with van der Waals surface area (Å²) in [4.78, 5) is 21.4. The molecule has 3 aliphatic rings. The maximum absolute atomic E-state index is 13.0. The minimum absolute atomic E-state index is 0.00849. The Morgan fingerprint density at radius 1 is 1.00 bits per heavy atom. The Bertz CT molecular complexity index is 828. The number of pyridine rings is 1. The molecule has 3 heterocycles. The molecule has 160 valence electrons. The van der Waals surface area contributed by atoms with Crippen LogP contribution in [0, 0.1) is 5.92 Å². The zero-order chi connectivity index (χ0) is 20.4. The number of aromatic nitrogens is 1. The molecular formula is C20H29ClN4O3S. The molecule has 2 saturated heterocycles. The van der Waals surface area contributed by atoms with Crippen molar-refractivity contribution in [3.63, 3.8) is 0 Å². The first-order chi connectivity index (χ1) is 14.0. The van der Waals surface area contributed by atoms with Crippen LogP contribution in [-0.4, -0.2) is 78.7 Å². The minimum atomic E-state index is -3.68. The van der Waals surface area contributed by atoms with Crippen molar-refractivity contribution in [3.8, 4) is 0 Å². The summed E-state index contributed by atoms with van der Waals surface area (Å²) in [5.74, 6) is 0.0939.